The van der Waals surface area contributed by atoms with Crippen LogP contribution in [-0.2, 0) is 89.0 Å². The summed E-state index contributed by atoms with van der Waals surface area (Å²) in [5, 5.41) is 64.7. The molecule has 8 aromatic rings. The topological polar surface area (TPSA) is 604 Å². The fraction of sp³-hybridized carbons (Fsp3) is 0.592. The van der Waals surface area contributed by atoms with Crippen LogP contribution in [0.5, 0.6) is 5.88 Å². The number of hydrogen-bond acceptors (Lipinski definition) is 35. The van der Waals surface area contributed by atoms with Crippen LogP contribution in [0.2, 0.25) is 78.6 Å². The van der Waals surface area contributed by atoms with Crippen LogP contribution >= 0.6 is 0 Å². The molecule has 0 bridgehead atoms. The van der Waals surface area contributed by atoms with E-state index in [1.165, 1.54) is 56.6 Å². The average molecular weight is 2200 g/mol. The predicted octanol–water partition coefficient (Wildman–Crippen LogP) is 17.1. The van der Waals surface area contributed by atoms with Gasteiger partial charge < -0.3 is 75.9 Å². The second-order valence-electron chi connectivity index (χ2n) is 43.2. The van der Waals surface area contributed by atoms with Crippen molar-refractivity contribution in [2.24, 2.45) is 0 Å². The van der Waals surface area contributed by atoms with E-state index in [-0.39, 0.29) is 173 Å². The molecule has 4 aliphatic rings. The smallest absolute Gasteiger partial charge is 0.353 e. The molecule has 5 unspecified atom stereocenters. The van der Waals surface area contributed by atoms with Gasteiger partial charge in [0.05, 0.1) is 167 Å². The van der Waals surface area contributed by atoms with Crippen molar-refractivity contribution < 1.29 is 132 Å². The number of rotatable bonds is 37. The van der Waals surface area contributed by atoms with Gasteiger partial charge in [-0.25, -0.2) is 23.4 Å². The van der Waals surface area contributed by atoms with Crippen molar-refractivity contribution in [1.29, 1.82) is 0 Å². The molecule has 4 aromatic carbocycles. The van der Waals surface area contributed by atoms with Crippen LogP contribution in [-0.4, -0.2) is 165 Å². The molecule has 12 rings (SSSR count). The number of nitrogens with two attached hydrogens (primary N) is 1. The van der Waals surface area contributed by atoms with Crippen molar-refractivity contribution in [3.63, 3.8) is 0 Å². The van der Waals surface area contributed by atoms with Gasteiger partial charge in [0.1, 0.15) is 48.2 Å². The van der Waals surface area contributed by atoms with E-state index in [2.05, 4.69) is 155 Å². The van der Waals surface area contributed by atoms with E-state index in [0.29, 0.717) is 53.5 Å². The number of para-hydroxylation sites is 4. The zero-order valence-electron chi connectivity index (χ0n) is 89.2. The van der Waals surface area contributed by atoms with Crippen molar-refractivity contribution in [1.82, 2.24) is 38.2 Å². The third-order valence-electron chi connectivity index (χ3n) is 29.0. The Balaban J connectivity index is 0.000000268. The number of nitrogen functional groups attached to an aromatic ring is 1. The Morgan fingerprint density at radius 3 is 1.04 bits per heavy atom. The average Bonchev–Trinajstić information content (AvgIpc) is 1.63. The second-order valence-corrected chi connectivity index (χ2v) is 63.7. The summed E-state index contributed by atoms with van der Waals surface area (Å²) in [7, 11) is -8.05. The molecule has 0 aliphatic carbocycles. The molecule has 0 amide bonds. The number of ether oxygens (including phenoxy) is 8. The summed E-state index contributed by atoms with van der Waals surface area (Å²) in [6, 6.07) is 26.0. The number of aliphatic hydroxyl groups excluding tert-OH is 2. The Kier molecular flexibility index (Phi) is 45.3. The number of nitrogens with zero attached hydrogens (tertiary/aromatic N) is 10. The first-order chi connectivity index (χ1) is 68.8. The van der Waals surface area contributed by atoms with Gasteiger partial charge in [-0.05, 0) is 130 Å². The molecule has 4 saturated heterocycles. The summed E-state index contributed by atoms with van der Waals surface area (Å²) in [5.74, 6) is -0.366. The third kappa shape index (κ3) is 32.8. The van der Waals surface area contributed by atoms with Gasteiger partial charge in [0, 0.05) is 128 Å². The van der Waals surface area contributed by atoms with Gasteiger partial charge in [0.25, 0.3) is 33.9 Å². The van der Waals surface area contributed by atoms with Crippen molar-refractivity contribution in [3.05, 3.63) is 279 Å². The Hall–Kier alpha value is -9.48. The molecule has 0 saturated carbocycles. The van der Waals surface area contributed by atoms with Crippen molar-refractivity contribution in [3.8, 4) is 5.88 Å². The molecule has 8 heterocycles. The molecule has 4 aliphatic heterocycles. The monoisotopic (exact) mass is 2200 g/mol. The number of aromatic nitrogens is 8. The Morgan fingerprint density at radius 1 is 0.450 bits per heavy atom. The Morgan fingerprint density at radius 2 is 0.732 bits per heavy atom. The van der Waals surface area contributed by atoms with Gasteiger partial charge >= 0.3 is 22.8 Å². The Bertz CT molecular complexity index is 6280. The molecule has 51 heteroatoms. The number of aliphatic hydroxyl groups is 2. The quantitative estimate of drug-likeness (QED) is 0.0104. The van der Waals surface area contributed by atoms with E-state index < -0.39 is 172 Å². The van der Waals surface area contributed by atoms with Crippen LogP contribution in [0.1, 0.15) is 257 Å². The first-order valence-corrected chi connectivity index (χ1v) is 61.7. The number of nitro groups is 4. The fourth-order valence-electron chi connectivity index (χ4n) is 16.1. The van der Waals surface area contributed by atoms with Crippen LogP contribution in [0.25, 0.3) is 0 Å². The second kappa shape index (κ2) is 53.4. The summed E-state index contributed by atoms with van der Waals surface area (Å²) in [5.41, 5.74) is 4.70. The van der Waals surface area contributed by atoms with Gasteiger partial charge in [-0.3, -0.25) is 78.3 Å². The minimum atomic E-state index is -2.99. The number of hydrogen-bond donors (Lipinski definition) is 5. The van der Waals surface area contributed by atoms with Crippen LogP contribution in [0.15, 0.2) is 151 Å². The largest absolute Gasteiger partial charge is 0.740 e. The molecule has 4 fully saturated rings. The molecule has 4 aromatic heterocycles. The summed E-state index contributed by atoms with van der Waals surface area (Å²) < 4.78 is 101. The minimum absolute atomic E-state index is 0. The van der Waals surface area contributed by atoms with Crippen LogP contribution in [0.3, 0.4) is 0 Å². The summed E-state index contributed by atoms with van der Waals surface area (Å²) >= 11 is -2.99. The van der Waals surface area contributed by atoms with Gasteiger partial charge in [0.2, 0.25) is 5.88 Å². The maximum Gasteiger partial charge on any atom is 0.353 e. The van der Waals surface area contributed by atoms with E-state index in [9.17, 15) is 88.2 Å². The third-order valence-corrected chi connectivity index (χ3v) is 48.3. The van der Waals surface area contributed by atoms with E-state index in [1.807, 2.05) is 13.8 Å². The Labute approximate surface area is 900 Å². The van der Waals surface area contributed by atoms with E-state index in [0.717, 1.165) is 17.0 Å². The van der Waals surface area contributed by atoms with Gasteiger partial charge in [-0.2, -0.15) is 9.97 Å². The van der Waals surface area contributed by atoms with E-state index in [4.69, 9.17) is 71.0 Å². The minimum Gasteiger partial charge on any atom is -0.740 e. The molecule has 6 N–H and O–H groups in total. The number of aromatic amines is 2. The maximum absolute atomic E-state index is 13.1. The molecular weight excluding hydrogens is 2060 g/mol. The molecule has 0 spiro atoms. The molecule has 45 nitrogen and oxygen atoms in total. The summed E-state index contributed by atoms with van der Waals surface area (Å²) in [6.07, 6.45) is 0.551. The van der Waals surface area contributed by atoms with Gasteiger partial charge in [-0.15, -0.1) is 0 Å². The zero-order valence-corrected chi connectivity index (χ0v) is 94.7. The first-order valence-electron chi connectivity index (χ1n) is 48.8. The number of benzene rings is 4. The van der Waals surface area contributed by atoms with Gasteiger partial charge in [0.15, 0.2) is 25.0 Å². The van der Waals surface area contributed by atoms with Crippen molar-refractivity contribution in [2.45, 2.75) is 366 Å². The van der Waals surface area contributed by atoms with Crippen molar-refractivity contribution in [2.75, 3.05) is 12.3 Å². The van der Waals surface area contributed by atoms with Crippen molar-refractivity contribution >= 4 is 73.0 Å². The number of nitrogens with one attached hydrogen (secondary N) is 2. The first kappa shape index (κ1) is 126. The molecule has 824 valence electrons. The number of H-pyrrole nitrogens is 2. The molecule has 17 atom stereocenters. The number of nitro benzene ring substituents is 4. The van der Waals surface area contributed by atoms with Crippen LogP contribution in [0.4, 0.5) is 28.6 Å². The zero-order chi connectivity index (χ0) is 111. The van der Waals surface area contributed by atoms with Gasteiger partial charge in [-0.1, -0.05) is 159 Å². The number of anilines is 1. The molecular formula is C98H144ArN13O32SSi4-. The predicted molar refractivity (Wildman–Crippen MR) is 562 cm³/mol. The molecule has 149 heavy (non-hydrogen) atoms. The summed E-state index contributed by atoms with van der Waals surface area (Å²) in [6.45, 7) is 54.2. The normalized spacial score (nSPS) is 21.1. The molecule has 0 radical (unpaired) electrons. The van der Waals surface area contributed by atoms with E-state index >= 15 is 0 Å². The van der Waals surface area contributed by atoms with Crippen LogP contribution < -0.4 is 43.8 Å². The SMILES string of the molecule is CC(OCc1cn([C@H]2C[C@@H](O)[C@@H](CO)O2)c(=O)[nH]c1=O)c1ccccc1[N+](=O)[O-].CC(OCc1cn([C@H]2C[C@@H](O[Si](C)(C)C(C)(C)C)[C@@H](C[Si](C)(C)C(C)(C)C)O2)c(=O)nc1N)c1ccccc1[N+](=O)[O-].CC[C@H]1O[C@@H](n2cc(COC(C)c3ccccc3[N+](=O)[O-])c(=O)[nH]c2=O)C[C@H]1O[Si](C)(C)C(C)(C)C.CC[C@H]1O[C@@H](n2cc(COC(C)c3ccccc3[N+](=O)[O-])c(OS(=O)[O-])nc2=O)C[C@H]1O[Si](C)(C)C(C)(C)C.O=O.[Ar]. The summed E-state index contributed by atoms with van der Waals surface area (Å²) in [4.78, 5) is 145. The standard InChI is InChI=1S/C30H50N4O6Si2.C25H37N3O9SSi.C25H37N3O7Si.C18H21N3O8.Ar.O2/c1-20(22-14-12-13-15-23(22)34(36)37)38-18-21-17-33(28(35)32-27(21)31)26-16-24(40-42(10,11)30(5,6)7)25(39-26)19-41(8,9)29(2,3)4;1-8-20-21(37-39(6,7)25(3,4)5)13-22(35-20)27-14-17(23(26-24(27)29)36-38(32)33)15-34-16(2)18-11-9-10-12-19(18)28(30)31;1-8-20-21(35-36(6,7)25(3,4)5)13-22(34-20)27-14-17(23(29)26-24(27)30)15-33-16(2)18-11-9-10-12-19(18)28(31)32;1-10(12-4-2-3-5-13(12)21(26)27)28-9-11-7-20(18(25)19-17(11)24)16-6-14(23)15(8-22)29-16;;1-2/h12-15,17,20,24-26H,16,18-19H2,1-11H3,(H2,31,32,35);9-12,14,16,20-22H,8,13,15H2,1-7H3,(H,32,33);9-12,14,16,20-22H,8,13,15H2,1-7H3,(H,26,29,30);2-5,7,10,14-16,22-23H,6,8-9H2,1H3,(H,19,24,25);;/p-1/t20?,24-,25-,26-;2*16?,20-,21-,22-;10?,14-,15-,16-;;/m1111../s1. The fourth-order valence-corrected chi connectivity index (χ4v) is 22.4. The maximum atomic E-state index is 13.1. The van der Waals surface area contributed by atoms with E-state index in [1.54, 1.807) is 107 Å². The van der Waals surface area contributed by atoms with Crippen LogP contribution in [0, 0.1) is 88.1 Å².